The van der Waals surface area contributed by atoms with E-state index >= 15 is 0 Å². The first-order chi connectivity index (χ1) is 12.2. The molecule has 0 spiro atoms. The van der Waals surface area contributed by atoms with Crippen molar-refractivity contribution in [3.05, 3.63) is 41.5 Å². The van der Waals surface area contributed by atoms with Crippen LogP contribution < -0.4 is 5.32 Å². The topological polar surface area (TPSA) is 75.4 Å². The maximum atomic E-state index is 12.3. The number of benzene rings is 2. The van der Waals surface area contributed by atoms with Gasteiger partial charge in [-0.25, -0.2) is 4.98 Å². The van der Waals surface area contributed by atoms with Crippen LogP contribution in [0.15, 0.2) is 34.7 Å². The number of aromatic hydroxyl groups is 1. The van der Waals surface area contributed by atoms with Crippen LogP contribution in [0, 0.1) is 12.3 Å². The third-order valence-corrected chi connectivity index (χ3v) is 4.33. The molecule has 0 bridgehead atoms. The number of rotatable bonds is 3. The zero-order valence-electron chi connectivity index (χ0n) is 15.8. The smallest absolute Gasteiger partial charge is 0.231 e. The summed E-state index contributed by atoms with van der Waals surface area (Å²) in [6.45, 7) is 9.41. The van der Waals surface area contributed by atoms with Crippen molar-refractivity contribution in [2.45, 2.75) is 41.0 Å². The van der Waals surface area contributed by atoms with Gasteiger partial charge < -0.3 is 14.8 Å². The number of aromatic nitrogens is 1. The fraction of sp³-hybridized carbons (Fsp3) is 0.333. The molecule has 5 nitrogen and oxygen atoms in total. The minimum Gasteiger partial charge on any atom is -0.507 e. The van der Waals surface area contributed by atoms with Gasteiger partial charge in [0.05, 0.1) is 5.56 Å². The Morgan fingerprint density at radius 2 is 1.96 bits per heavy atom. The van der Waals surface area contributed by atoms with Crippen LogP contribution in [0.3, 0.4) is 0 Å². The molecule has 0 radical (unpaired) electrons. The van der Waals surface area contributed by atoms with E-state index in [-0.39, 0.29) is 11.7 Å². The number of aryl methyl sites for hydroxylation is 2. The summed E-state index contributed by atoms with van der Waals surface area (Å²) in [6.07, 6.45) is 0.914. The largest absolute Gasteiger partial charge is 0.507 e. The van der Waals surface area contributed by atoms with Crippen LogP contribution in [0.1, 0.15) is 38.8 Å². The standard InChI is InChI=1S/C21H24N2O3/c1-6-13-7-8-17-16(10-13)23-19(26-17)15-11-14(9-12(2)18(15)24)22-20(25)21(3,4)5/h7-11,24H,6H2,1-5H3,(H,22,25). The second-order valence-corrected chi connectivity index (χ2v) is 7.57. The number of anilines is 1. The number of phenolic OH excluding ortho intramolecular Hbond substituents is 1. The predicted molar refractivity (Wildman–Crippen MR) is 103 cm³/mol. The summed E-state index contributed by atoms with van der Waals surface area (Å²) in [5.41, 5.74) is 3.78. The third-order valence-electron chi connectivity index (χ3n) is 4.33. The Bertz CT molecular complexity index is 981. The molecule has 1 heterocycles. The first kappa shape index (κ1) is 18.0. The number of carbonyl (C=O) groups excluding carboxylic acids is 1. The molecule has 2 N–H and O–H groups in total. The summed E-state index contributed by atoms with van der Waals surface area (Å²) in [5.74, 6) is 0.334. The van der Waals surface area contributed by atoms with Crippen molar-refractivity contribution in [2.24, 2.45) is 5.41 Å². The summed E-state index contributed by atoms with van der Waals surface area (Å²) in [5, 5.41) is 13.4. The van der Waals surface area contributed by atoms with Crippen molar-refractivity contribution < 1.29 is 14.3 Å². The Morgan fingerprint density at radius 3 is 2.62 bits per heavy atom. The fourth-order valence-electron chi connectivity index (χ4n) is 2.64. The summed E-state index contributed by atoms with van der Waals surface area (Å²) >= 11 is 0. The Labute approximate surface area is 153 Å². The van der Waals surface area contributed by atoms with Gasteiger partial charge in [0.1, 0.15) is 11.3 Å². The highest BCUT2D eigenvalue weighted by Gasteiger charge is 2.22. The number of hydrogen-bond acceptors (Lipinski definition) is 4. The molecule has 3 aromatic rings. The lowest BCUT2D eigenvalue weighted by Crippen LogP contribution is -2.27. The molecule has 136 valence electrons. The lowest BCUT2D eigenvalue weighted by Gasteiger charge is -2.18. The quantitative estimate of drug-likeness (QED) is 0.646. The average molecular weight is 352 g/mol. The van der Waals surface area contributed by atoms with Gasteiger partial charge in [0.15, 0.2) is 5.58 Å². The number of amides is 1. The SMILES string of the molecule is CCc1ccc2oc(-c3cc(NC(=O)C(C)(C)C)cc(C)c3O)nc2c1. The monoisotopic (exact) mass is 352 g/mol. The second-order valence-electron chi connectivity index (χ2n) is 7.57. The van der Waals surface area contributed by atoms with Gasteiger partial charge in [-0.1, -0.05) is 33.8 Å². The van der Waals surface area contributed by atoms with E-state index in [9.17, 15) is 9.90 Å². The Hall–Kier alpha value is -2.82. The summed E-state index contributed by atoms with van der Waals surface area (Å²) in [4.78, 5) is 16.8. The van der Waals surface area contributed by atoms with E-state index in [0.29, 0.717) is 28.3 Å². The molecule has 0 fully saturated rings. The Balaban J connectivity index is 2.05. The zero-order chi connectivity index (χ0) is 19.1. The van der Waals surface area contributed by atoms with Crippen molar-refractivity contribution in [1.29, 1.82) is 0 Å². The maximum Gasteiger partial charge on any atom is 0.231 e. The molecule has 5 heteroatoms. The molecule has 0 unspecified atom stereocenters. The van der Waals surface area contributed by atoms with Crippen molar-refractivity contribution in [3.63, 3.8) is 0 Å². The Kier molecular flexibility index (Phi) is 4.48. The van der Waals surface area contributed by atoms with Gasteiger partial charge in [0.25, 0.3) is 0 Å². The van der Waals surface area contributed by atoms with Gasteiger partial charge in [0.2, 0.25) is 11.8 Å². The van der Waals surface area contributed by atoms with Gasteiger partial charge >= 0.3 is 0 Å². The summed E-state index contributed by atoms with van der Waals surface area (Å²) in [6, 6.07) is 9.30. The lowest BCUT2D eigenvalue weighted by molar-refractivity contribution is -0.123. The first-order valence-corrected chi connectivity index (χ1v) is 8.74. The zero-order valence-corrected chi connectivity index (χ0v) is 15.8. The van der Waals surface area contributed by atoms with Crippen molar-refractivity contribution >= 4 is 22.7 Å². The molecule has 1 amide bonds. The van der Waals surface area contributed by atoms with Gasteiger partial charge in [-0.3, -0.25) is 4.79 Å². The molecular weight excluding hydrogens is 328 g/mol. The molecular formula is C21H24N2O3. The number of fused-ring (bicyclic) bond motifs is 1. The summed E-state index contributed by atoms with van der Waals surface area (Å²) in [7, 11) is 0. The molecule has 0 saturated carbocycles. The van der Waals surface area contributed by atoms with E-state index in [1.807, 2.05) is 39.0 Å². The van der Waals surface area contributed by atoms with Crippen LogP contribution in [0.5, 0.6) is 5.75 Å². The predicted octanol–water partition coefficient (Wildman–Crippen LogP) is 5.06. The molecule has 0 saturated heterocycles. The highest BCUT2D eigenvalue weighted by Crippen LogP contribution is 2.36. The number of nitrogens with zero attached hydrogens (tertiary/aromatic N) is 1. The number of carbonyl (C=O) groups is 1. The fourth-order valence-corrected chi connectivity index (χ4v) is 2.64. The van der Waals surface area contributed by atoms with Crippen LogP contribution in [-0.2, 0) is 11.2 Å². The molecule has 26 heavy (non-hydrogen) atoms. The van der Waals surface area contributed by atoms with Gasteiger partial charge in [-0.2, -0.15) is 0 Å². The lowest BCUT2D eigenvalue weighted by atomic mass is 9.95. The molecule has 0 atom stereocenters. The molecule has 0 aliphatic rings. The maximum absolute atomic E-state index is 12.3. The van der Waals surface area contributed by atoms with E-state index in [4.69, 9.17) is 4.42 Å². The number of hydrogen-bond donors (Lipinski definition) is 2. The second kappa shape index (κ2) is 6.48. The van der Waals surface area contributed by atoms with E-state index in [1.165, 1.54) is 5.56 Å². The molecule has 1 aromatic heterocycles. The third kappa shape index (κ3) is 3.43. The van der Waals surface area contributed by atoms with Gasteiger partial charge in [-0.05, 0) is 48.7 Å². The van der Waals surface area contributed by atoms with Crippen molar-refractivity contribution in [3.8, 4) is 17.2 Å². The molecule has 0 aliphatic carbocycles. The average Bonchev–Trinajstić information content (AvgIpc) is 2.99. The van der Waals surface area contributed by atoms with Crippen LogP contribution in [-0.4, -0.2) is 16.0 Å². The number of phenols is 1. The van der Waals surface area contributed by atoms with Crippen LogP contribution >= 0.6 is 0 Å². The van der Waals surface area contributed by atoms with Gasteiger partial charge in [0, 0.05) is 11.1 Å². The molecule has 2 aromatic carbocycles. The van der Waals surface area contributed by atoms with Crippen LogP contribution in [0.2, 0.25) is 0 Å². The number of nitrogens with one attached hydrogen (secondary N) is 1. The highest BCUT2D eigenvalue weighted by atomic mass is 16.3. The Morgan fingerprint density at radius 1 is 1.23 bits per heavy atom. The summed E-state index contributed by atoms with van der Waals surface area (Å²) < 4.78 is 5.83. The van der Waals surface area contributed by atoms with E-state index in [1.54, 1.807) is 19.1 Å². The van der Waals surface area contributed by atoms with Crippen LogP contribution in [0.4, 0.5) is 5.69 Å². The van der Waals surface area contributed by atoms with Crippen molar-refractivity contribution in [2.75, 3.05) is 5.32 Å². The minimum atomic E-state index is -0.514. The van der Waals surface area contributed by atoms with E-state index in [0.717, 1.165) is 11.9 Å². The number of oxazole rings is 1. The minimum absolute atomic E-state index is 0.0982. The molecule has 0 aliphatic heterocycles. The normalized spacial score (nSPS) is 11.7. The first-order valence-electron chi connectivity index (χ1n) is 8.74. The van der Waals surface area contributed by atoms with Gasteiger partial charge in [-0.15, -0.1) is 0 Å². The van der Waals surface area contributed by atoms with Crippen molar-refractivity contribution in [1.82, 2.24) is 4.98 Å². The highest BCUT2D eigenvalue weighted by molar-refractivity contribution is 5.95. The van der Waals surface area contributed by atoms with E-state index < -0.39 is 5.41 Å². The molecule has 3 rings (SSSR count). The van der Waals surface area contributed by atoms with E-state index in [2.05, 4.69) is 17.2 Å². The van der Waals surface area contributed by atoms with Crippen LogP contribution in [0.25, 0.3) is 22.6 Å².